The molecular formula is C24H17NO4. The summed E-state index contributed by atoms with van der Waals surface area (Å²) in [5, 5.41) is 0.285. The highest BCUT2D eigenvalue weighted by Crippen LogP contribution is 2.21. The molecule has 1 heterocycles. The first-order chi connectivity index (χ1) is 14.1. The van der Waals surface area contributed by atoms with Gasteiger partial charge in [0.2, 0.25) is 11.2 Å². The summed E-state index contributed by atoms with van der Waals surface area (Å²) >= 11 is 0. The van der Waals surface area contributed by atoms with E-state index in [-0.39, 0.29) is 16.6 Å². The van der Waals surface area contributed by atoms with Crippen molar-refractivity contribution >= 4 is 22.5 Å². The van der Waals surface area contributed by atoms with Crippen LogP contribution in [0.3, 0.4) is 0 Å². The monoisotopic (exact) mass is 383 g/mol. The Morgan fingerprint density at radius 2 is 1.38 bits per heavy atom. The number of H-pyrrole nitrogens is 1. The number of fused-ring (bicyclic) bond motifs is 1. The van der Waals surface area contributed by atoms with E-state index in [0.29, 0.717) is 22.4 Å². The van der Waals surface area contributed by atoms with Crippen molar-refractivity contribution in [1.82, 2.24) is 4.98 Å². The normalized spacial score (nSPS) is 10.7. The van der Waals surface area contributed by atoms with Crippen molar-refractivity contribution in [2.24, 2.45) is 0 Å². The molecule has 1 aromatic heterocycles. The zero-order valence-electron chi connectivity index (χ0n) is 15.6. The Balaban J connectivity index is 2.02. The summed E-state index contributed by atoms with van der Waals surface area (Å²) in [6, 6.07) is 21.9. The first kappa shape index (κ1) is 18.4. The van der Waals surface area contributed by atoms with Gasteiger partial charge in [-0.2, -0.15) is 0 Å². The number of pyridine rings is 1. The molecule has 0 spiro atoms. The van der Waals surface area contributed by atoms with Crippen LogP contribution in [0.5, 0.6) is 5.75 Å². The van der Waals surface area contributed by atoms with Crippen LogP contribution in [0, 0.1) is 0 Å². The van der Waals surface area contributed by atoms with Crippen molar-refractivity contribution < 1.29 is 14.3 Å². The number of nitrogens with one attached hydrogen (secondary N) is 1. The molecule has 0 unspecified atom stereocenters. The lowest BCUT2D eigenvalue weighted by Gasteiger charge is -2.11. The topological polar surface area (TPSA) is 76.2 Å². The SMILES string of the molecule is COc1ccc2[nH]c(C(=O)c3ccccc3)c(C(=O)c3ccccc3)c(=O)c2c1. The van der Waals surface area contributed by atoms with Gasteiger partial charge in [-0.25, -0.2) is 0 Å². The molecule has 0 radical (unpaired) electrons. The fraction of sp³-hybridized carbons (Fsp3) is 0.0417. The molecule has 142 valence electrons. The number of benzene rings is 3. The maximum Gasteiger partial charge on any atom is 0.210 e. The highest BCUT2D eigenvalue weighted by Gasteiger charge is 2.25. The van der Waals surface area contributed by atoms with Gasteiger partial charge in [0.05, 0.1) is 18.2 Å². The van der Waals surface area contributed by atoms with Crippen LogP contribution in [-0.4, -0.2) is 23.7 Å². The summed E-state index contributed by atoms with van der Waals surface area (Å²) in [6.07, 6.45) is 0. The third-order valence-corrected chi connectivity index (χ3v) is 4.73. The van der Waals surface area contributed by atoms with E-state index in [1.807, 2.05) is 0 Å². The van der Waals surface area contributed by atoms with E-state index in [0.717, 1.165) is 0 Å². The summed E-state index contributed by atoms with van der Waals surface area (Å²) in [5.41, 5.74) is 0.476. The Hall–Kier alpha value is -3.99. The predicted molar refractivity (Wildman–Crippen MR) is 111 cm³/mol. The average Bonchev–Trinajstić information content (AvgIpc) is 2.79. The first-order valence-corrected chi connectivity index (χ1v) is 9.03. The van der Waals surface area contributed by atoms with Crippen molar-refractivity contribution in [3.63, 3.8) is 0 Å². The minimum absolute atomic E-state index is 0.0206. The number of carbonyl (C=O) groups is 2. The molecule has 4 aromatic rings. The maximum absolute atomic E-state index is 13.3. The molecule has 0 fully saturated rings. The van der Waals surface area contributed by atoms with E-state index in [4.69, 9.17) is 4.74 Å². The molecule has 0 saturated heterocycles. The number of ketones is 2. The summed E-state index contributed by atoms with van der Waals surface area (Å²) in [4.78, 5) is 42.7. The van der Waals surface area contributed by atoms with Crippen molar-refractivity contribution in [3.8, 4) is 5.75 Å². The van der Waals surface area contributed by atoms with Gasteiger partial charge >= 0.3 is 0 Å². The third-order valence-electron chi connectivity index (χ3n) is 4.73. The van der Waals surface area contributed by atoms with Gasteiger partial charge in [-0.1, -0.05) is 60.7 Å². The Kier molecular flexibility index (Phi) is 4.79. The van der Waals surface area contributed by atoms with Gasteiger partial charge in [-0.3, -0.25) is 14.4 Å². The molecule has 0 bridgehead atoms. The van der Waals surface area contributed by atoms with E-state index in [1.54, 1.807) is 78.9 Å². The van der Waals surface area contributed by atoms with E-state index in [2.05, 4.69) is 4.98 Å². The second-order valence-electron chi connectivity index (χ2n) is 6.51. The number of hydrogen-bond donors (Lipinski definition) is 1. The standard InChI is InChI=1S/C24H17NO4/c1-29-17-12-13-19-18(14-17)24(28)20(22(26)15-8-4-2-5-9-15)21(25-19)23(27)16-10-6-3-7-11-16/h2-14H,1H3,(H,25,28). The zero-order valence-corrected chi connectivity index (χ0v) is 15.6. The molecular weight excluding hydrogens is 366 g/mol. The van der Waals surface area contributed by atoms with E-state index >= 15 is 0 Å². The molecule has 1 N–H and O–H groups in total. The number of methoxy groups -OCH3 is 1. The Bertz CT molecular complexity index is 1280. The molecule has 29 heavy (non-hydrogen) atoms. The second kappa shape index (κ2) is 7.56. The molecule has 0 saturated carbocycles. The quantitative estimate of drug-likeness (QED) is 0.529. The van der Waals surface area contributed by atoms with Crippen molar-refractivity contribution in [1.29, 1.82) is 0 Å². The molecule has 0 aliphatic carbocycles. The van der Waals surface area contributed by atoms with Gasteiger partial charge < -0.3 is 9.72 Å². The largest absolute Gasteiger partial charge is 0.497 e. The molecule has 0 aliphatic rings. The van der Waals surface area contributed by atoms with Crippen LogP contribution in [0.15, 0.2) is 83.7 Å². The summed E-state index contributed by atoms with van der Waals surface area (Å²) < 4.78 is 5.20. The second-order valence-corrected chi connectivity index (χ2v) is 6.51. The van der Waals surface area contributed by atoms with Crippen LogP contribution in [0.1, 0.15) is 32.0 Å². The van der Waals surface area contributed by atoms with E-state index in [1.165, 1.54) is 7.11 Å². The molecule has 0 aliphatic heterocycles. The molecule has 5 nitrogen and oxygen atoms in total. The molecule has 0 amide bonds. The number of ether oxygens (including phenoxy) is 1. The van der Waals surface area contributed by atoms with Crippen molar-refractivity contribution in [2.75, 3.05) is 7.11 Å². The molecule has 0 atom stereocenters. The number of carbonyl (C=O) groups excluding carboxylic acids is 2. The van der Waals surface area contributed by atoms with Crippen LogP contribution in [0.4, 0.5) is 0 Å². The fourth-order valence-electron chi connectivity index (χ4n) is 3.25. The van der Waals surface area contributed by atoms with Crippen LogP contribution in [-0.2, 0) is 0 Å². The number of aromatic nitrogens is 1. The lowest BCUT2D eigenvalue weighted by molar-refractivity contribution is 0.0999. The van der Waals surface area contributed by atoms with Crippen LogP contribution in [0.2, 0.25) is 0 Å². The van der Waals surface area contributed by atoms with E-state index < -0.39 is 17.0 Å². The number of aromatic amines is 1. The van der Waals surface area contributed by atoms with Gasteiger partial charge in [-0.05, 0) is 18.2 Å². The van der Waals surface area contributed by atoms with Crippen molar-refractivity contribution in [3.05, 3.63) is 111 Å². The zero-order chi connectivity index (χ0) is 20.4. The highest BCUT2D eigenvalue weighted by molar-refractivity contribution is 6.19. The molecule has 5 heteroatoms. The van der Waals surface area contributed by atoms with Gasteiger partial charge in [-0.15, -0.1) is 0 Å². The minimum atomic E-state index is -0.509. The summed E-state index contributed by atoms with van der Waals surface area (Å²) in [7, 11) is 1.50. The number of hydrogen-bond acceptors (Lipinski definition) is 4. The minimum Gasteiger partial charge on any atom is -0.497 e. The van der Waals surface area contributed by atoms with Gasteiger partial charge in [0, 0.05) is 16.5 Å². The first-order valence-electron chi connectivity index (χ1n) is 9.03. The Morgan fingerprint density at radius 1 is 0.793 bits per heavy atom. The predicted octanol–water partition coefficient (Wildman–Crippen LogP) is 4.00. The fourth-order valence-corrected chi connectivity index (χ4v) is 3.25. The molecule has 4 rings (SSSR count). The van der Waals surface area contributed by atoms with E-state index in [9.17, 15) is 14.4 Å². The van der Waals surface area contributed by atoms with Gasteiger partial charge in [0.25, 0.3) is 0 Å². The van der Waals surface area contributed by atoms with Crippen molar-refractivity contribution in [2.45, 2.75) is 0 Å². The maximum atomic E-state index is 13.3. The Labute approximate surface area is 166 Å². The van der Waals surface area contributed by atoms with Gasteiger partial charge in [0.15, 0.2) is 5.78 Å². The number of rotatable bonds is 5. The summed E-state index contributed by atoms with van der Waals surface area (Å²) in [6.45, 7) is 0. The van der Waals surface area contributed by atoms with Crippen LogP contribution >= 0.6 is 0 Å². The third kappa shape index (κ3) is 3.34. The van der Waals surface area contributed by atoms with Crippen LogP contribution < -0.4 is 10.2 Å². The van der Waals surface area contributed by atoms with Crippen LogP contribution in [0.25, 0.3) is 10.9 Å². The summed E-state index contributed by atoms with van der Waals surface area (Å²) in [5.74, 6) is -0.432. The van der Waals surface area contributed by atoms with Gasteiger partial charge in [0.1, 0.15) is 11.4 Å². The smallest absolute Gasteiger partial charge is 0.210 e. The molecule has 3 aromatic carbocycles. The Morgan fingerprint density at radius 3 is 1.97 bits per heavy atom. The highest BCUT2D eigenvalue weighted by atomic mass is 16.5. The lowest BCUT2D eigenvalue weighted by atomic mass is 9.95. The lowest BCUT2D eigenvalue weighted by Crippen LogP contribution is -2.24. The average molecular weight is 383 g/mol.